The second-order valence-corrected chi connectivity index (χ2v) is 16.4. The predicted octanol–water partition coefficient (Wildman–Crippen LogP) is 4.93. The van der Waals surface area contributed by atoms with E-state index in [1.165, 1.54) is 12.0 Å². The number of benzene rings is 3. The number of para-hydroxylation sites is 1. The fourth-order valence-electron chi connectivity index (χ4n) is 9.40. The molecular weight excluding hydrogens is 668 g/mol. The van der Waals surface area contributed by atoms with Gasteiger partial charge in [0.05, 0.1) is 26.4 Å². The maximum atomic E-state index is 14.2. The molecule has 3 aromatic carbocycles. The van der Waals surface area contributed by atoms with Crippen molar-refractivity contribution in [3.63, 3.8) is 0 Å². The van der Waals surface area contributed by atoms with Crippen molar-refractivity contribution in [2.45, 2.75) is 83.8 Å². The molecule has 1 saturated heterocycles. The van der Waals surface area contributed by atoms with E-state index in [1.54, 1.807) is 19.1 Å². The summed E-state index contributed by atoms with van der Waals surface area (Å²) in [6.45, 7) is 9.15. The SMILES string of the molecule is COc1c(CN2O[C@@H](CO)[C@@H]([C@H](C)O)[C@H]2C(=O)N[C@H]2C[C@H]3C[C@@H]([C@@H]2C)C3(C)C)cccc1-c1ccc(C(=O)N[C@@H](Cc2ccccc2)CN(C)C)cc1. The van der Waals surface area contributed by atoms with E-state index in [2.05, 4.69) is 48.4 Å². The maximum Gasteiger partial charge on any atom is 0.251 e. The van der Waals surface area contributed by atoms with Gasteiger partial charge in [0.1, 0.15) is 17.9 Å². The third-order valence-electron chi connectivity index (χ3n) is 12.4. The van der Waals surface area contributed by atoms with E-state index in [4.69, 9.17) is 9.57 Å². The molecule has 3 aromatic rings. The summed E-state index contributed by atoms with van der Waals surface area (Å²) >= 11 is 0. The van der Waals surface area contributed by atoms with Crippen LogP contribution in [0.4, 0.5) is 0 Å². The van der Waals surface area contributed by atoms with Gasteiger partial charge in [-0.2, -0.15) is 5.06 Å². The topological polar surface area (TPSA) is 124 Å². The third kappa shape index (κ3) is 8.17. The molecule has 9 atom stereocenters. The van der Waals surface area contributed by atoms with Gasteiger partial charge in [-0.15, -0.1) is 0 Å². The lowest BCUT2D eigenvalue weighted by Gasteiger charge is -2.62. The normalized spacial score (nSPS) is 27.5. The van der Waals surface area contributed by atoms with Crippen molar-refractivity contribution in [1.82, 2.24) is 20.6 Å². The molecule has 286 valence electrons. The molecule has 53 heavy (non-hydrogen) atoms. The number of likely N-dealkylation sites (N-methyl/N-ethyl adjacent to an activating group) is 1. The highest BCUT2D eigenvalue weighted by molar-refractivity contribution is 5.95. The van der Waals surface area contributed by atoms with Crippen LogP contribution >= 0.6 is 0 Å². The number of hydrogen-bond acceptors (Lipinski definition) is 8. The molecule has 4 aliphatic rings. The molecule has 1 heterocycles. The Labute approximate surface area is 314 Å². The number of hydrogen-bond donors (Lipinski definition) is 4. The van der Waals surface area contributed by atoms with Crippen LogP contribution < -0.4 is 15.4 Å². The van der Waals surface area contributed by atoms with Gasteiger partial charge in [0, 0.05) is 41.2 Å². The second-order valence-electron chi connectivity index (χ2n) is 16.4. The molecule has 10 heteroatoms. The fourth-order valence-corrected chi connectivity index (χ4v) is 9.40. The molecule has 0 spiro atoms. The van der Waals surface area contributed by atoms with Crippen LogP contribution in [-0.2, 0) is 22.6 Å². The zero-order valence-electron chi connectivity index (χ0n) is 32.3. The molecule has 0 unspecified atom stereocenters. The number of fused-ring (bicyclic) bond motifs is 2. The van der Waals surface area contributed by atoms with Crippen LogP contribution in [0, 0.1) is 29.1 Å². The lowest BCUT2D eigenvalue weighted by Crippen LogP contribution is -2.62. The lowest BCUT2D eigenvalue weighted by molar-refractivity contribution is -0.183. The highest BCUT2D eigenvalue weighted by Crippen LogP contribution is 2.61. The summed E-state index contributed by atoms with van der Waals surface area (Å²) < 4.78 is 5.99. The summed E-state index contributed by atoms with van der Waals surface area (Å²) in [4.78, 5) is 35.9. The number of aliphatic hydroxyl groups excluding tert-OH is 2. The number of carbonyl (C=O) groups excluding carboxylic acids is 2. The minimum absolute atomic E-state index is 0.0506. The number of hydroxylamine groups is 2. The Balaban J connectivity index is 1.19. The first-order valence-corrected chi connectivity index (χ1v) is 19.1. The molecule has 3 aliphatic carbocycles. The van der Waals surface area contributed by atoms with E-state index in [0.29, 0.717) is 41.0 Å². The van der Waals surface area contributed by atoms with Crippen molar-refractivity contribution in [1.29, 1.82) is 0 Å². The van der Waals surface area contributed by atoms with E-state index in [0.717, 1.165) is 29.5 Å². The quantitative estimate of drug-likeness (QED) is 0.185. The summed E-state index contributed by atoms with van der Waals surface area (Å²) in [5, 5.41) is 29.4. The van der Waals surface area contributed by atoms with Gasteiger partial charge >= 0.3 is 0 Å². The van der Waals surface area contributed by atoms with Crippen molar-refractivity contribution in [3.05, 3.63) is 89.5 Å². The smallest absolute Gasteiger partial charge is 0.251 e. The number of methoxy groups -OCH3 is 1. The Morgan fingerprint density at radius 2 is 1.75 bits per heavy atom. The number of rotatable bonds is 14. The number of ether oxygens (including phenoxy) is 1. The van der Waals surface area contributed by atoms with Crippen molar-refractivity contribution >= 4 is 11.8 Å². The zero-order valence-corrected chi connectivity index (χ0v) is 32.3. The van der Waals surface area contributed by atoms with Crippen molar-refractivity contribution in [2.75, 3.05) is 34.4 Å². The van der Waals surface area contributed by atoms with Gasteiger partial charge < -0.3 is 30.5 Å². The first kappa shape index (κ1) is 38.9. The monoisotopic (exact) mass is 726 g/mol. The molecule has 1 aliphatic heterocycles. The summed E-state index contributed by atoms with van der Waals surface area (Å²) in [6, 6.07) is 22.7. The van der Waals surface area contributed by atoms with E-state index < -0.39 is 24.2 Å². The van der Waals surface area contributed by atoms with E-state index in [-0.39, 0.29) is 37.0 Å². The Hall–Kier alpha value is -3.80. The van der Waals surface area contributed by atoms with Gasteiger partial charge in [0.15, 0.2) is 0 Å². The van der Waals surface area contributed by atoms with Crippen molar-refractivity contribution < 1.29 is 29.4 Å². The van der Waals surface area contributed by atoms with Crippen LogP contribution in [-0.4, -0.2) is 96.7 Å². The van der Waals surface area contributed by atoms with Crippen LogP contribution in [0.3, 0.4) is 0 Å². The van der Waals surface area contributed by atoms with Crippen LogP contribution in [0.25, 0.3) is 11.1 Å². The Kier molecular flexibility index (Phi) is 12.0. The molecule has 10 nitrogen and oxygen atoms in total. The molecule has 4 N–H and O–H groups in total. The standard InChI is InChI=1S/C43H58N4O6/c1-26-35-21-32(43(35,3)4)22-36(26)45-42(51)39-38(27(2)49)37(25-48)53-47(39)23-31-14-11-15-34(40(31)52-7)29-16-18-30(19-17-29)41(50)44-33(24-46(5)6)20-28-12-9-8-10-13-28/h8-19,26-27,32-33,35-39,48-49H,20-25H2,1-7H3,(H,44,50)(H,45,51)/t26-,27-,32+,33-,35-,36-,37-,38+,39-/m0/s1. The van der Waals surface area contributed by atoms with Gasteiger partial charge in [-0.1, -0.05) is 81.4 Å². The molecule has 0 radical (unpaired) electrons. The third-order valence-corrected chi connectivity index (χ3v) is 12.4. The van der Waals surface area contributed by atoms with Crippen molar-refractivity contribution in [2.24, 2.45) is 29.1 Å². The average Bonchev–Trinajstić information content (AvgIpc) is 3.51. The van der Waals surface area contributed by atoms with Crippen molar-refractivity contribution in [3.8, 4) is 16.9 Å². The molecule has 3 saturated carbocycles. The number of aliphatic hydroxyl groups is 2. The maximum absolute atomic E-state index is 14.2. The number of amides is 2. The Morgan fingerprint density at radius 1 is 1.04 bits per heavy atom. The summed E-state index contributed by atoms with van der Waals surface area (Å²) in [7, 11) is 5.62. The van der Waals surface area contributed by atoms with Crippen LogP contribution in [0.5, 0.6) is 5.75 Å². The second kappa shape index (κ2) is 16.3. The molecular formula is C43H58N4O6. The molecule has 4 fully saturated rings. The Bertz CT molecular complexity index is 1710. The van der Waals surface area contributed by atoms with E-state index in [9.17, 15) is 19.8 Å². The molecule has 2 amide bonds. The highest BCUT2D eigenvalue weighted by atomic mass is 16.7. The number of nitrogens with zero attached hydrogens (tertiary/aromatic N) is 2. The molecule has 2 bridgehead atoms. The van der Waals surface area contributed by atoms with Gasteiger partial charge in [0.2, 0.25) is 5.91 Å². The molecule has 0 aromatic heterocycles. The zero-order chi connectivity index (χ0) is 38.0. The minimum atomic E-state index is -0.885. The van der Waals surface area contributed by atoms with E-state index >= 15 is 0 Å². The van der Waals surface area contributed by atoms with Gasteiger partial charge in [-0.05, 0) is 86.7 Å². The first-order chi connectivity index (χ1) is 25.3. The van der Waals surface area contributed by atoms with Gasteiger partial charge in [0.25, 0.3) is 5.91 Å². The van der Waals surface area contributed by atoms with E-state index in [1.807, 2.05) is 74.8 Å². The number of carbonyl (C=O) groups is 2. The summed E-state index contributed by atoms with van der Waals surface area (Å²) in [5.41, 5.74) is 4.51. The van der Waals surface area contributed by atoms with Crippen LogP contribution in [0.15, 0.2) is 72.8 Å². The lowest BCUT2D eigenvalue weighted by atomic mass is 9.45. The predicted molar refractivity (Wildman–Crippen MR) is 206 cm³/mol. The number of nitrogens with one attached hydrogen (secondary N) is 2. The fraction of sp³-hybridized carbons (Fsp3) is 0.535. The highest BCUT2D eigenvalue weighted by Gasteiger charge is 2.57. The van der Waals surface area contributed by atoms with Gasteiger partial charge in [-0.3, -0.25) is 14.4 Å². The average molecular weight is 727 g/mol. The van der Waals surface area contributed by atoms with Crippen LogP contribution in [0.1, 0.15) is 62.0 Å². The van der Waals surface area contributed by atoms with Crippen LogP contribution in [0.2, 0.25) is 0 Å². The Morgan fingerprint density at radius 3 is 2.36 bits per heavy atom. The molecule has 7 rings (SSSR count). The summed E-state index contributed by atoms with van der Waals surface area (Å²) in [6.07, 6.45) is 1.25. The largest absolute Gasteiger partial charge is 0.496 e. The minimum Gasteiger partial charge on any atom is -0.496 e. The summed E-state index contributed by atoms with van der Waals surface area (Å²) in [5.74, 6) is 1.16. The first-order valence-electron chi connectivity index (χ1n) is 19.1. The van der Waals surface area contributed by atoms with Gasteiger partial charge in [-0.25, -0.2) is 0 Å².